The largest absolute Gasteiger partial charge is 0.478 e. The Morgan fingerprint density at radius 2 is 1.48 bits per heavy atom. The van der Waals surface area contributed by atoms with Crippen molar-refractivity contribution < 1.29 is 19.5 Å². The molecule has 0 aromatic rings. The fourth-order valence-electron chi connectivity index (χ4n) is 2.85. The van der Waals surface area contributed by atoms with Crippen molar-refractivity contribution in [2.75, 3.05) is 14.1 Å². The van der Waals surface area contributed by atoms with Crippen LogP contribution in [0.15, 0.2) is 11.6 Å². The van der Waals surface area contributed by atoms with Gasteiger partial charge in [0.25, 0.3) is 0 Å². The lowest BCUT2D eigenvalue weighted by molar-refractivity contribution is -0.137. The average Bonchev–Trinajstić information content (AvgIpc) is 2.52. The highest BCUT2D eigenvalue weighted by atomic mass is 16.4. The quantitative estimate of drug-likeness (QED) is 0.441. The summed E-state index contributed by atoms with van der Waals surface area (Å²) < 4.78 is 0. The van der Waals surface area contributed by atoms with E-state index < -0.39 is 29.5 Å². The number of hydrazine groups is 1. The lowest BCUT2D eigenvalue weighted by atomic mass is 9.85. The molecule has 3 N–H and O–H groups in total. The van der Waals surface area contributed by atoms with Crippen LogP contribution >= 0.6 is 0 Å². The predicted octanol–water partition coefficient (Wildman–Crippen LogP) is 2.86. The molecule has 0 aliphatic rings. The van der Waals surface area contributed by atoms with Crippen LogP contribution in [0.1, 0.15) is 62.3 Å². The fourth-order valence-corrected chi connectivity index (χ4v) is 2.85. The van der Waals surface area contributed by atoms with E-state index >= 15 is 0 Å². The molecular formula is C21H40N4O4. The lowest BCUT2D eigenvalue weighted by Crippen LogP contribution is -2.61. The first-order valence-corrected chi connectivity index (χ1v) is 9.89. The molecule has 0 radical (unpaired) electrons. The number of carbonyl (C=O) groups is 3. The maximum atomic E-state index is 13.3. The Kier molecular flexibility index (Phi) is 9.37. The van der Waals surface area contributed by atoms with Gasteiger partial charge in [-0.3, -0.25) is 9.80 Å². The second-order valence-corrected chi connectivity index (χ2v) is 10.0. The number of likely N-dealkylation sites (N-methyl/N-ethyl adjacent to an activating group) is 1. The molecule has 0 unspecified atom stereocenters. The first-order valence-electron chi connectivity index (χ1n) is 9.89. The molecule has 168 valence electrons. The molecule has 0 aliphatic heterocycles. The van der Waals surface area contributed by atoms with Gasteiger partial charge in [-0.25, -0.2) is 15.0 Å². The minimum absolute atomic E-state index is 0.000184. The van der Waals surface area contributed by atoms with Gasteiger partial charge in [0.2, 0.25) is 5.91 Å². The van der Waals surface area contributed by atoms with Gasteiger partial charge in [-0.15, -0.1) is 0 Å². The Bertz CT molecular complexity index is 630. The van der Waals surface area contributed by atoms with E-state index in [1.54, 1.807) is 20.2 Å². The maximum absolute atomic E-state index is 13.3. The van der Waals surface area contributed by atoms with Gasteiger partial charge in [0.15, 0.2) is 0 Å². The normalized spacial score (nSPS) is 15.0. The Morgan fingerprint density at radius 1 is 1.00 bits per heavy atom. The summed E-state index contributed by atoms with van der Waals surface area (Å²) in [6.45, 7) is 16.8. The summed E-state index contributed by atoms with van der Waals surface area (Å²) in [5, 5.41) is 13.4. The van der Waals surface area contributed by atoms with Crippen molar-refractivity contribution in [2.24, 2.45) is 11.3 Å². The molecule has 8 nitrogen and oxygen atoms in total. The Hall–Kier alpha value is -2.09. The van der Waals surface area contributed by atoms with Gasteiger partial charge >= 0.3 is 12.0 Å². The van der Waals surface area contributed by atoms with Crippen LogP contribution in [0.2, 0.25) is 0 Å². The van der Waals surface area contributed by atoms with E-state index in [0.29, 0.717) is 0 Å². The van der Waals surface area contributed by atoms with E-state index in [0.717, 1.165) is 0 Å². The highest BCUT2D eigenvalue weighted by Crippen LogP contribution is 2.24. The number of hydrogen-bond acceptors (Lipinski definition) is 4. The van der Waals surface area contributed by atoms with Gasteiger partial charge in [-0.2, -0.15) is 0 Å². The van der Waals surface area contributed by atoms with E-state index in [9.17, 15) is 19.5 Å². The molecule has 29 heavy (non-hydrogen) atoms. The monoisotopic (exact) mass is 412 g/mol. The molecule has 0 rings (SSSR count). The number of urea groups is 1. The second kappa shape index (κ2) is 10.1. The zero-order chi connectivity index (χ0) is 23.3. The summed E-state index contributed by atoms with van der Waals surface area (Å²) in [5.74, 6) is -1.30. The number of amides is 3. The zero-order valence-corrected chi connectivity index (χ0v) is 19.9. The average molecular weight is 413 g/mol. The van der Waals surface area contributed by atoms with Crippen molar-refractivity contribution in [3.63, 3.8) is 0 Å². The zero-order valence-electron chi connectivity index (χ0n) is 19.9. The third-order valence-electron chi connectivity index (χ3n) is 4.42. The number of carboxylic acids is 1. The highest BCUT2D eigenvalue weighted by molar-refractivity contribution is 5.89. The van der Waals surface area contributed by atoms with Crippen LogP contribution in [0, 0.1) is 11.3 Å². The van der Waals surface area contributed by atoms with Crippen LogP contribution in [0.4, 0.5) is 4.79 Å². The summed E-state index contributed by atoms with van der Waals surface area (Å²) in [6, 6.07) is -1.62. The van der Waals surface area contributed by atoms with Gasteiger partial charge in [0, 0.05) is 25.2 Å². The number of nitrogens with one attached hydrogen (secondary N) is 2. The first-order chi connectivity index (χ1) is 12.9. The standard InChI is InChI=1S/C21H40N4O4/c1-13(2)15(12-14(3)18(27)28)24(10)17(26)16(20(4,5)6)22-19(29)25(11)23-21(7,8)9/h12-13,15-16,23H,1-11H3,(H,22,29)(H,27,28)/b14-12+/t15-,16-/m1/s1. The van der Waals surface area contributed by atoms with Crippen molar-refractivity contribution in [3.8, 4) is 0 Å². The number of carbonyl (C=O) groups excluding carboxylic acids is 2. The van der Waals surface area contributed by atoms with E-state index in [2.05, 4.69) is 10.7 Å². The molecule has 0 saturated carbocycles. The molecule has 8 heteroatoms. The van der Waals surface area contributed by atoms with E-state index in [-0.39, 0.29) is 22.9 Å². The van der Waals surface area contributed by atoms with Crippen LogP contribution < -0.4 is 10.7 Å². The first kappa shape index (κ1) is 26.9. The van der Waals surface area contributed by atoms with E-state index in [1.165, 1.54) is 16.8 Å². The van der Waals surface area contributed by atoms with Gasteiger partial charge < -0.3 is 15.3 Å². The van der Waals surface area contributed by atoms with Crippen LogP contribution in [0.5, 0.6) is 0 Å². The molecule has 0 fully saturated rings. The molecule has 0 aliphatic carbocycles. The summed E-state index contributed by atoms with van der Waals surface area (Å²) in [6.07, 6.45) is 1.58. The van der Waals surface area contributed by atoms with Crippen molar-refractivity contribution in [1.29, 1.82) is 0 Å². The third kappa shape index (κ3) is 8.85. The summed E-state index contributed by atoms with van der Waals surface area (Å²) >= 11 is 0. The predicted molar refractivity (Wildman–Crippen MR) is 115 cm³/mol. The van der Waals surface area contributed by atoms with Crippen molar-refractivity contribution >= 4 is 17.9 Å². The number of hydrogen-bond donors (Lipinski definition) is 3. The van der Waals surface area contributed by atoms with Crippen molar-refractivity contribution in [1.82, 2.24) is 20.7 Å². The minimum atomic E-state index is -1.02. The number of aliphatic carboxylic acids is 1. The molecular weight excluding hydrogens is 372 g/mol. The molecule has 0 bridgehead atoms. The van der Waals surface area contributed by atoms with E-state index in [4.69, 9.17) is 0 Å². The number of carboxylic acid groups (broad SMARTS) is 1. The topological polar surface area (TPSA) is 102 Å². The maximum Gasteiger partial charge on any atom is 0.332 e. The van der Waals surface area contributed by atoms with Crippen LogP contribution in [-0.4, -0.2) is 64.6 Å². The van der Waals surface area contributed by atoms with Crippen LogP contribution in [0.25, 0.3) is 0 Å². The number of nitrogens with zero attached hydrogens (tertiary/aromatic N) is 2. The highest BCUT2D eigenvalue weighted by Gasteiger charge is 2.37. The summed E-state index contributed by atoms with van der Waals surface area (Å²) in [5.41, 5.74) is 2.36. The van der Waals surface area contributed by atoms with Gasteiger partial charge in [-0.05, 0) is 39.0 Å². The van der Waals surface area contributed by atoms with Crippen LogP contribution in [0.3, 0.4) is 0 Å². The molecule has 2 atom stereocenters. The van der Waals surface area contributed by atoms with Gasteiger partial charge in [-0.1, -0.05) is 40.7 Å². The molecule has 0 heterocycles. The Balaban J connectivity index is 5.72. The Morgan fingerprint density at radius 3 is 1.83 bits per heavy atom. The minimum Gasteiger partial charge on any atom is -0.478 e. The summed E-state index contributed by atoms with van der Waals surface area (Å²) in [4.78, 5) is 38.7. The van der Waals surface area contributed by atoms with Crippen LogP contribution in [-0.2, 0) is 9.59 Å². The van der Waals surface area contributed by atoms with Gasteiger partial charge in [0.1, 0.15) is 6.04 Å². The fraction of sp³-hybridized carbons (Fsp3) is 0.762. The van der Waals surface area contributed by atoms with Gasteiger partial charge in [0.05, 0.1) is 6.04 Å². The lowest BCUT2D eigenvalue weighted by Gasteiger charge is -2.38. The molecule has 0 aromatic heterocycles. The molecule has 0 spiro atoms. The molecule has 3 amide bonds. The SMILES string of the molecule is C/C(=C\[C@H](C(C)C)N(C)C(=O)[C@@H](NC(=O)N(C)NC(C)(C)C)C(C)(C)C)C(=O)O. The smallest absolute Gasteiger partial charge is 0.332 e. The Labute approximate surface area is 175 Å². The molecule has 0 aromatic carbocycles. The third-order valence-corrected chi connectivity index (χ3v) is 4.42. The molecule has 0 saturated heterocycles. The van der Waals surface area contributed by atoms with Crippen molar-refractivity contribution in [3.05, 3.63) is 11.6 Å². The van der Waals surface area contributed by atoms with Crippen molar-refractivity contribution in [2.45, 2.75) is 79.9 Å². The van der Waals surface area contributed by atoms with E-state index in [1.807, 2.05) is 55.4 Å². The number of rotatable bonds is 7. The summed E-state index contributed by atoms with van der Waals surface area (Å²) in [7, 11) is 3.24. The second-order valence-electron chi connectivity index (χ2n) is 10.0.